The average molecular weight is 230 g/mol. The highest BCUT2D eigenvalue weighted by Crippen LogP contribution is 2.17. The van der Waals surface area contributed by atoms with Gasteiger partial charge in [0.2, 0.25) is 5.91 Å². The lowest BCUT2D eigenvalue weighted by atomic mass is 9.87. The molecule has 0 aliphatic heterocycles. The van der Waals surface area contributed by atoms with Crippen LogP contribution in [0.1, 0.15) is 41.0 Å². The smallest absolute Gasteiger partial charge is 0.237 e. The molecule has 0 aromatic heterocycles. The Kier molecular flexibility index (Phi) is 5.97. The van der Waals surface area contributed by atoms with E-state index >= 15 is 0 Å². The van der Waals surface area contributed by atoms with Crippen molar-refractivity contribution in [3.05, 3.63) is 0 Å². The van der Waals surface area contributed by atoms with Crippen molar-refractivity contribution >= 4 is 5.91 Å². The second kappa shape index (κ2) is 6.21. The summed E-state index contributed by atoms with van der Waals surface area (Å²) in [6.07, 6.45) is 0.196. The number of rotatable bonds is 5. The summed E-state index contributed by atoms with van der Waals surface area (Å²) in [5.41, 5.74) is 5.53. The van der Waals surface area contributed by atoms with Crippen molar-refractivity contribution in [3.8, 4) is 0 Å². The molecule has 0 saturated heterocycles. The van der Waals surface area contributed by atoms with Crippen molar-refractivity contribution in [1.29, 1.82) is 0 Å². The van der Waals surface area contributed by atoms with E-state index in [1.165, 1.54) is 0 Å². The van der Waals surface area contributed by atoms with Crippen LogP contribution in [0.3, 0.4) is 0 Å². The highest BCUT2D eigenvalue weighted by molar-refractivity contribution is 5.82. The van der Waals surface area contributed by atoms with Gasteiger partial charge in [0, 0.05) is 6.54 Å². The van der Waals surface area contributed by atoms with Gasteiger partial charge in [-0.25, -0.2) is 0 Å². The van der Waals surface area contributed by atoms with Gasteiger partial charge in [0.1, 0.15) is 0 Å². The van der Waals surface area contributed by atoms with Gasteiger partial charge in [-0.15, -0.1) is 0 Å². The van der Waals surface area contributed by atoms with E-state index in [0.717, 1.165) is 0 Å². The number of hydrogen-bond acceptors (Lipinski definition) is 3. The average Bonchev–Trinajstić information content (AvgIpc) is 2.10. The van der Waals surface area contributed by atoms with Crippen molar-refractivity contribution in [3.63, 3.8) is 0 Å². The van der Waals surface area contributed by atoms with Gasteiger partial charge in [-0.2, -0.15) is 0 Å². The van der Waals surface area contributed by atoms with E-state index in [-0.39, 0.29) is 17.9 Å². The second-order valence-corrected chi connectivity index (χ2v) is 5.87. The first-order valence-electron chi connectivity index (χ1n) is 5.86. The normalized spacial score (nSPS) is 16.0. The van der Waals surface area contributed by atoms with Crippen molar-refractivity contribution in [2.45, 2.75) is 53.2 Å². The first-order chi connectivity index (χ1) is 7.14. The molecular weight excluding hydrogens is 204 g/mol. The van der Waals surface area contributed by atoms with Crippen LogP contribution in [0.5, 0.6) is 0 Å². The third kappa shape index (κ3) is 6.08. The molecule has 4 heteroatoms. The van der Waals surface area contributed by atoms with Crippen LogP contribution in [-0.2, 0) is 4.79 Å². The monoisotopic (exact) mass is 230 g/mol. The van der Waals surface area contributed by atoms with Crippen LogP contribution < -0.4 is 11.1 Å². The third-order valence-corrected chi connectivity index (χ3v) is 2.47. The fourth-order valence-corrected chi connectivity index (χ4v) is 1.35. The van der Waals surface area contributed by atoms with Crippen LogP contribution in [-0.4, -0.2) is 29.7 Å². The van der Waals surface area contributed by atoms with E-state index in [4.69, 9.17) is 5.73 Å². The summed E-state index contributed by atoms with van der Waals surface area (Å²) < 4.78 is 0. The van der Waals surface area contributed by atoms with Gasteiger partial charge in [0.15, 0.2) is 0 Å². The third-order valence-electron chi connectivity index (χ3n) is 2.47. The van der Waals surface area contributed by atoms with Crippen molar-refractivity contribution < 1.29 is 9.90 Å². The van der Waals surface area contributed by atoms with Crippen LogP contribution in [0.15, 0.2) is 0 Å². The highest BCUT2D eigenvalue weighted by Gasteiger charge is 2.27. The standard InChI is InChI=1S/C12H26N2O2/c1-8(2)6-9(15)7-14-11(16)10(13)12(3,4)5/h8-10,15H,6-7,13H2,1-5H3,(H,14,16)/t9?,10-/m1/s1. The molecule has 0 aliphatic rings. The zero-order valence-electron chi connectivity index (χ0n) is 11.1. The first-order valence-corrected chi connectivity index (χ1v) is 5.86. The predicted octanol–water partition coefficient (Wildman–Crippen LogP) is 0.883. The maximum absolute atomic E-state index is 11.6. The van der Waals surface area contributed by atoms with Crippen molar-refractivity contribution in [2.24, 2.45) is 17.1 Å². The van der Waals surface area contributed by atoms with Crippen LogP contribution in [0, 0.1) is 11.3 Å². The van der Waals surface area contributed by atoms with Crippen molar-refractivity contribution in [2.75, 3.05) is 6.54 Å². The number of nitrogens with one attached hydrogen (secondary N) is 1. The molecule has 0 aromatic carbocycles. The molecule has 0 saturated carbocycles. The van der Waals surface area contributed by atoms with Crippen LogP contribution in [0.2, 0.25) is 0 Å². The Labute approximate surface area is 98.6 Å². The van der Waals surface area contributed by atoms with E-state index in [9.17, 15) is 9.90 Å². The van der Waals surface area contributed by atoms with Crippen LogP contribution in [0.25, 0.3) is 0 Å². The second-order valence-electron chi connectivity index (χ2n) is 5.87. The molecule has 0 radical (unpaired) electrons. The maximum atomic E-state index is 11.6. The lowest BCUT2D eigenvalue weighted by molar-refractivity contribution is -0.125. The molecule has 2 atom stereocenters. The summed E-state index contributed by atoms with van der Waals surface area (Å²) in [6.45, 7) is 10.1. The summed E-state index contributed by atoms with van der Waals surface area (Å²) in [7, 11) is 0. The predicted molar refractivity (Wildman–Crippen MR) is 65.9 cm³/mol. The Bertz CT molecular complexity index is 222. The number of aliphatic hydroxyl groups is 1. The van der Waals surface area contributed by atoms with Gasteiger partial charge in [-0.05, 0) is 17.8 Å². The van der Waals surface area contributed by atoms with Crippen LogP contribution in [0.4, 0.5) is 0 Å². The molecule has 0 rings (SSSR count). The van der Waals surface area contributed by atoms with Gasteiger partial charge in [-0.1, -0.05) is 34.6 Å². The Morgan fingerprint density at radius 1 is 1.38 bits per heavy atom. The number of amides is 1. The van der Waals surface area contributed by atoms with Gasteiger partial charge in [0.05, 0.1) is 12.1 Å². The zero-order valence-corrected chi connectivity index (χ0v) is 11.1. The van der Waals surface area contributed by atoms with Gasteiger partial charge in [0.25, 0.3) is 0 Å². The summed E-state index contributed by atoms with van der Waals surface area (Å²) in [5.74, 6) is 0.221. The molecule has 16 heavy (non-hydrogen) atoms. The summed E-state index contributed by atoms with van der Waals surface area (Å²) in [6, 6.07) is -0.543. The number of hydrogen-bond donors (Lipinski definition) is 3. The highest BCUT2D eigenvalue weighted by atomic mass is 16.3. The number of carbonyl (C=O) groups excluding carboxylic acids is 1. The molecule has 1 unspecified atom stereocenters. The molecule has 0 heterocycles. The molecule has 0 aliphatic carbocycles. The summed E-state index contributed by atoms with van der Waals surface area (Å²) in [4.78, 5) is 11.6. The molecule has 0 aromatic rings. The Hall–Kier alpha value is -0.610. The van der Waals surface area contributed by atoms with E-state index in [2.05, 4.69) is 5.32 Å². The van der Waals surface area contributed by atoms with Crippen molar-refractivity contribution in [1.82, 2.24) is 5.32 Å². The Morgan fingerprint density at radius 3 is 2.25 bits per heavy atom. The van der Waals surface area contributed by atoms with Gasteiger partial charge >= 0.3 is 0 Å². The minimum absolute atomic E-state index is 0.199. The van der Waals surface area contributed by atoms with E-state index in [1.807, 2.05) is 34.6 Å². The minimum atomic E-state index is -0.543. The molecular formula is C12H26N2O2. The van der Waals surface area contributed by atoms with E-state index < -0.39 is 12.1 Å². The number of carbonyl (C=O) groups is 1. The minimum Gasteiger partial charge on any atom is -0.391 e. The fraction of sp³-hybridized carbons (Fsp3) is 0.917. The SMILES string of the molecule is CC(C)CC(O)CNC(=O)[C@@H](N)C(C)(C)C. The Balaban J connectivity index is 3.99. The maximum Gasteiger partial charge on any atom is 0.237 e. The zero-order chi connectivity index (χ0) is 12.9. The summed E-state index contributed by atoms with van der Waals surface area (Å²) in [5, 5.41) is 12.3. The van der Waals surface area contributed by atoms with E-state index in [0.29, 0.717) is 12.3 Å². The quantitative estimate of drug-likeness (QED) is 0.656. The van der Waals surface area contributed by atoms with E-state index in [1.54, 1.807) is 0 Å². The molecule has 4 nitrogen and oxygen atoms in total. The number of nitrogens with two attached hydrogens (primary N) is 1. The fourth-order valence-electron chi connectivity index (χ4n) is 1.35. The largest absolute Gasteiger partial charge is 0.391 e. The molecule has 0 bridgehead atoms. The molecule has 0 fully saturated rings. The topological polar surface area (TPSA) is 75.3 Å². The molecule has 4 N–H and O–H groups in total. The molecule has 0 spiro atoms. The van der Waals surface area contributed by atoms with Crippen LogP contribution >= 0.6 is 0 Å². The Morgan fingerprint density at radius 2 is 1.88 bits per heavy atom. The lowest BCUT2D eigenvalue weighted by Gasteiger charge is -2.26. The first kappa shape index (κ1) is 15.4. The molecule has 1 amide bonds. The molecule has 96 valence electrons. The summed E-state index contributed by atoms with van der Waals surface area (Å²) >= 11 is 0. The van der Waals surface area contributed by atoms with Gasteiger partial charge in [-0.3, -0.25) is 4.79 Å². The lowest BCUT2D eigenvalue weighted by Crippen LogP contribution is -2.50. The van der Waals surface area contributed by atoms with Gasteiger partial charge < -0.3 is 16.2 Å². The number of aliphatic hydroxyl groups excluding tert-OH is 1.